The third kappa shape index (κ3) is 2.91. The number of aliphatic hydroxyl groups is 1. The first-order valence-electron chi connectivity index (χ1n) is 8.36. The molecule has 3 aromatic rings. The Hall–Kier alpha value is -3.25. The minimum Gasteiger partial charge on any atom is -0.387 e. The number of rotatable bonds is 2. The molecule has 26 heavy (non-hydrogen) atoms. The summed E-state index contributed by atoms with van der Waals surface area (Å²) in [4.78, 5) is 23.1. The highest BCUT2D eigenvalue weighted by molar-refractivity contribution is 6.00. The van der Waals surface area contributed by atoms with E-state index in [1.54, 1.807) is 4.90 Å². The number of anilines is 1. The molecule has 0 bridgehead atoms. The summed E-state index contributed by atoms with van der Waals surface area (Å²) in [6.07, 6.45) is 0.749. The number of nitrogen functional groups attached to an aromatic ring is 1. The lowest BCUT2D eigenvalue weighted by molar-refractivity contribution is 0.0550. The molecule has 0 spiro atoms. The molecule has 130 valence electrons. The summed E-state index contributed by atoms with van der Waals surface area (Å²) in [5, 5.41) is 10.4. The van der Waals surface area contributed by atoms with Crippen molar-refractivity contribution in [1.82, 2.24) is 14.9 Å². The van der Waals surface area contributed by atoms with Crippen LogP contribution in [0.4, 0.5) is 5.95 Å². The zero-order chi connectivity index (χ0) is 18.1. The summed E-state index contributed by atoms with van der Waals surface area (Å²) in [5.41, 5.74) is 9.22. The summed E-state index contributed by atoms with van der Waals surface area (Å²) in [6, 6.07) is 17.0. The third-order valence-corrected chi connectivity index (χ3v) is 4.54. The lowest BCUT2D eigenvalue weighted by Gasteiger charge is -2.32. The summed E-state index contributed by atoms with van der Waals surface area (Å²) < 4.78 is 0. The van der Waals surface area contributed by atoms with E-state index < -0.39 is 6.10 Å². The van der Waals surface area contributed by atoms with E-state index in [4.69, 9.17) is 5.73 Å². The number of fused-ring (bicyclic) bond motifs is 1. The second kappa shape index (κ2) is 6.57. The first kappa shape index (κ1) is 16.2. The minimum atomic E-state index is -0.709. The van der Waals surface area contributed by atoms with E-state index in [-0.39, 0.29) is 18.4 Å². The van der Waals surface area contributed by atoms with Crippen molar-refractivity contribution < 1.29 is 9.90 Å². The molecule has 1 aromatic heterocycles. The highest BCUT2D eigenvalue weighted by Crippen LogP contribution is 2.29. The number of β-amino-alcohol motifs (C(OH)–C–C–N with tert-alkyl or cyclic N) is 1. The maximum Gasteiger partial charge on any atom is 0.258 e. The fourth-order valence-corrected chi connectivity index (χ4v) is 3.27. The van der Waals surface area contributed by atoms with Gasteiger partial charge >= 0.3 is 0 Å². The Morgan fingerprint density at radius 3 is 2.65 bits per heavy atom. The molecule has 0 saturated carbocycles. The Morgan fingerprint density at radius 2 is 1.85 bits per heavy atom. The van der Waals surface area contributed by atoms with Crippen molar-refractivity contribution in [2.24, 2.45) is 0 Å². The highest BCUT2D eigenvalue weighted by atomic mass is 16.3. The van der Waals surface area contributed by atoms with Crippen LogP contribution in [0.2, 0.25) is 0 Å². The van der Waals surface area contributed by atoms with Crippen LogP contribution in [0.1, 0.15) is 27.6 Å². The van der Waals surface area contributed by atoms with Gasteiger partial charge < -0.3 is 15.7 Å². The van der Waals surface area contributed by atoms with E-state index in [1.165, 1.54) is 6.20 Å². The van der Waals surface area contributed by atoms with E-state index in [0.717, 1.165) is 16.7 Å². The van der Waals surface area contributed by atoms with Gasteiger partial charge in [-0.05, 0) is 11.1 Å². The van der Waals surface area contributed by atoms with E-state index in [1.807, 2.05) is 54.6 Å². The highest BCUT2D eigenvalue weighted by Gasteiger charge is 2.29. The molecule has 2 heterocycles. The van der Waals surface area contributed by atoms with E-state index >= 15 is 0 Å². The van der Waals surface area contributed by atoms with Crippen LogP contribution in [-0.4, -0.2) is 32.4 Å². The second-order valence-electron chi connectivity index (χ2n) is 6.26. The third-order valence-electron chi connectivity index (χ3n) is 4.54. The van der Waals surface area contributed by atoms with Gasteiger partial charge in [0.05, 0.1) is 23.9 Å². The molecule has 1 amide bonds. The zero-order valence-corrected chi connectivity index (χ0v) is 14.0. The van der Waals surface area contributed by atoms with Crippen LogP contribution < -0.4 is 5.73 Å². The number of hydrogen-bond acceptors (Lipinski definition) is 5. The van der Waals surface area contributed by atoms with E-state index in [2.05, 4.69) is 9.97 Å². The molecule has 4 rings (SSSR count). The molecule has 0 saturated heterocycles. The van der Waals surface area contributed by atoms with Crippen molar-refractivity contribution in [3.8, 4) is 11.3 Å². The van der Waals surface area contributed by atoms with Gasteiger partial charge in [0.2, 0.25) is 5.95 Å². The molecule has 0 fully saturated rings. The molecule has 6 nitrogen and oxygen atoms in total. The minimum absolute atomic E-state index is 0.115. The second-order valence-corrected chi connectivity index (χ2v) is 6.26. The summed E-state index contributed by atoms with van der Waals surface area (Å²) in [6.45, 7) is 0.666. The summed E-state index contributed by atoms with van der Waals surface area (Å²) >= 11 is 0. The molecular formula is C20H18N4O2. The van der Waals surface area contributed by atoms with Crippen molar-refractivity contribution in [3.05, 3.63) is 77.5 Å². The SMILES string of the molecule is Nc1ncc(C(=O)N2Cc3ccccc3[C@@H](O)C2)c(-c2ccccc2)n1. The van der Waals surface area contributed by atoms with Crippen LogP contribution >= 0.6 is 0 Å². The largest absolute Gasteiger partial charge is 0.387 e. The lowest BCUT2D eigenvalue weighted by atomic mass is 9.96. The monoisotopic (exact) mass is 346 g/mol. The fourth-order valence-electron chi connectivity index (χ4n) is 3.27. The smallest absolute Gasteiger partial charge is 0.258 e. The normalized spacial score (nSPS) is 16.2. The molecule has 1 atom stereocenters. The van der Waals surface area contributed by atoms with Crippen molar-refractivity contribution in [3.63, 3.8) is 0 Å². The molecular weight excluding hydrogens is 328 g/mol. The predicted octanol–water partition coefficient (Wildman–Crippen LogP) is 2.42. The standard InChI is InChI=1S/C20H18N4O2/c21-20-22-10-16(18(23-20)13-6-2-1-3-7-13)19(26)24-11-14-8-4-5-9-15(14)17(25)12-24/h1-10,17,25H,11-12H2,(H2,21,22,23)/t17-/m0/s1. The van der Waals surface area contributed by atoms with Crippen LogP contribution in [0.3, 0.4) is 0 Å². The topological polar surface area (TPSA) is 92.3 Å². The maximum atomic E-state index is 13.2. The maximum absolute atomic E-state index is 13.2. The van der Waals surface area contributed by atoms with Gasteiger partial charge in [-0.3, -0.25) is 4.79 Å². The first-order valence-corrected chi connectivity index (χ1v) is 8.36. The van der Waals surface area contributed by atoms with Gasteiger partial charge in [0.15, 0.2) is 0 Å². The van der Waals surface area contributed by atoms with Gasteiger partial charge in [0.1, 0.15) is 0 Å². The predicted molar refractivity (Wildman–Crippen MR) is 98.0 cm³/mol. The van der Waals surface area contributed by atoms with Crippen molar-refractivity contribution in [2.75, 3.05) is 12.3 Å². The van der Waals surface area contributed by atoms with Crippen LogP contribution in [-0.2, 0) is 6.54 Å². The molecule has 6 heteroatoms. The van der Waals surface area contributed by atoms with Gasteiger partial charge in [-0.25, -0.2) is 9.97 Å². The van der Waals surface area contributed by atoms with Gasteiger partial charge in [-0.1, -0.05) is 54.6 Å². The molecule has 1 aliphatic rings. The Morgan fingerprint density at radius 1 is 1.12 bits per heavy atom. The Labute approximate surface area is 150 Å². The molecule has 1 aliphatic heterocycles. The van der Waals surface area contributed by atoms with Crippen LogP contribution in [0.15, 0.2) is 60.8 Å². The number of hydrogen-bond donors (Lipinski definition) is 2. The number of carbonyl (C=O) groups is 1. The van der Waals surface area contributed by atoms with Crippen LogP contribution in [0.5, 0.6) is 0 Å². The number of aromatic nitrogens is 2. The van der Waals surface area contributed by atoms with Gasteiger partial charge in [-0.15, -0.1) is 0 Å². The van der Waals surface area contributed by atoms with Gasteiger partial charge in [-0.2, -0.15) is 0 Å². The average molecular weight is 346 g/mol. The Balaban J connectivity index is 1.72. The van der Waals surface area contributed by atoms with Gasteiger partial charge in [0, 0.05) is 18.3 Å². The average Bonchev–Trinajstić information content (AvgIpc) is 2.68. The number of nitrogens with zero attached hydrogens (tertiary/aromatic N) is 3. The zero-order valence-electron chi connectivity index (χ0n) is 14.0. The molecule has 3 N–H and O–H groups in total. The fraction of sp³-hybridized carbons (Fsp3) is 0.150. The van der Waals surface area contributed by atoms with Crippen molar-refractivity contribution in [2.45, 2.75) is 12.6 Å². The first-order chi connectivity index (χ1) is 12.6. The quantitative estimate of drug-likeness (QED) is 0.743. The van der Waals surface area contributed by atoms with E-state index in [9.17, 15) is 9.90 Å². The van der Waals surface area contributed by atoms with E-state index in [0.29, 0.717) is 17.8 Å². The number of amides is 1. The number of carbonyl (C=O) groups excluding carboxylic acids is 1. The number of nitrogens with two attached hydrogens (primary N) is 1. The molecule has 0 radical (unpaired) electrons. The number of benzene rings is 2. The molecule has 2 aromatic carbocycles. The van der Waals surface area contributed by atoms with Crippen LogP contribution in [0, 0.1) is 0 Å². The van der Waals surface area contributed by atoms with Crippen LogP contribution in [0.25, 0.3) is 11.3 Å². The van der Waals surface area contributed by atoms with Gasteiger partial charge in [0.25, 0.3) is 5.91 Å². The molecule has 0 unspecified atom stereocenters. The lowest BCUT2D eigenvalue weighted by Crippen LogP contribution is -2.38. The Bertz CT molecular complexity index is 959. The molecule has 0 aliphatic carbocycles. The van der Waals surface area contributed by atoms with Crippen molar-refractivity contribution in [1.29, 1.82) is 0 Å². The number of aliphatic hydroxyl groups excluding tert-OH is 1. The summed E-state index contributed by atoms with van der Waals surface area (Å²) in [5.74, 6) is -0.109. The summed E-state index contributed by atoms with van der Waals surface area (Å²) in [7, 11) is 0. The van der Waals surface area contributed by atoms with Crippen molar-refractivity contribution >= 4 is 11.9 Å². The Kier molecular flexibility index (Phi) is 4.10.